The number of hydrogen-bond acceptors (Lipinski definition) is 1. The van der Waals surface area contributed by atoms with E-state index in [-0.39, 0.29) is 12.0 Å². The molecule has 0 aliphatic rings. The standard InChI is InChI=1S/C12H11F7O/c13-9-4-3-7(6-8(9)12(17,18)19)10(20)2-1-5-11(14,15)16/h3-4,6,10,20H,1-2,5H2. The fourth-order valence-electron chi connectivity index (χ4n) is 1.63. The Hall–Kier alpha value is -1.31. The lowest BCUT2D eigenvalue weighted by Gasteiger charge is -2.15. The highest BCUT2D eigenvalue weighted by molar-refractivity contribution is 5.28. The van der Waals surface area contributed by atoms with Crippen LogP contribution in [0.1, 0.15) is 36.5 Å². The second-order valence-corrected chi connectivity index (χ2v) is 4.26. The Bertz CT molecular complexity index is 450. The zero-order valence-corrected chi connectivity index (χ0v) is 10.0. The largest absolute Gasteiger partial charge is 0.419 e. The summed E-state index contributed by atoms with van der Waals surface area (Å²) in [5, 5.41) is 9.54. The fraction of sp³-hybridized carbons (Fsp3) is 0.500. The summed E-state index contributed by atoms with van der Waals surface area (Å²) in [6.07, 6.45) is -12.7. The lowest BCUT2D eigenvalue weighted by molar-refractivity contribution is -0.140. The van der Waals surface area contributed by atoms with E-state index in [9.17, 15) is 35.8 Å². The first-order valence-corrected chi connectivity index (χ1v) is 5.62. The minimum absolute atomic E-state index is 0.263. The lowest BCUT2D eigenvalue weighted by atomic mass is 10.0. The molecule has 1 rings (SSSR count). The molecule has 20 heavy (non-hydrogen) atoms. The highest BCUT2D eigenvalue weighted by Crippen LogP contribution is 2.34. The molecule has 1 nitrogen and oxygen atoms in total. The predicted octanol–water partition coefficient (Wildman–Crippen LogP) is 4.61. The van der Waals surface area contributed by atoms with E-state index >= 15 is 0 Å². The van der Waals surface area contributed by atoms with Crippen LogP contribution in [0.5, 0.6) is 0 Å². The predicted molar refractivity (Wildman–Crippen MR) is 56.3 cm³/mol. The third-order valence-corrected chi connectivity index (χ3v) is 2.62. The van der Waals surface area contributed by atoms with Crippen LogP contribution in [0, 0.1) is 5.82 Å². The Balaban J connectivity index is 2.77. The molecule has 0 amide bonds. The maximum Gasteiger partial charge on any atom is 0.419 e. The maximum atomic E-state index is 13.0. The second kappa shape index (κ2) is 5.99. The molecular weight excluding hydrogens is 293 g/mol. The Kier molecular flexibility index (Phi) is 5.01. The van der Waals surface area contributed by atoms with Gasteiger partial charge in [-0.05, 0) is 30.5 Å². The molecule has 0 spiro atoms. The SMILES string of the molecule is OC(CCCC(F)(F)F)c1ccc(F)c(C(F)(F)F)c1. The molecule has 1 N–H and O–H groups in total. The number of halogens is 7. The summed E-state index contributed by atoms with van der Waals surface area (Å²) in [6, 6.07) is 1.86. The average molecular weight is 304 g/mol. The summed E-state index contributed by atoms with van der Waals surface area (Å²) in [7, 11) is 0. The van der Waals surface area contributed by atoms with Crippen molar-refractivity contribution in [1.82, 2.24) is 0 Å². The van der Waals surface area contributed by atoms with Gasteiger partial charge in [0.25, 0.3) is 0 Å². The molecule has 0 heterocycles. The molecule has 0 aliphatic heterocycles. The first-order valence-electron chi connectivity index (χ1n) is 5.62. The van der Waals surface area contributed by atoms with Crippen LogP contribution >= 0.6 is 0 Å². The van der Waals surface area contributed by atoms with Crippen LogP contribution in [0.15, 0.2) is 18.2 Å². The molecule has 0 radical (unpaired) electrons. The Morgan fingerprint density at radius 3 is 2.15 bits per heavy atom. The van der Waals surface area contributed by atoms with E-state index in [4.69, 9.17) is 0 Å². The highest BCUT2D eigenvalue weighted by atomic mass is 19.4. The second-order valence-electron chi connectivity index (χ2n) is 4.26. The topological polar surface area (TPSA) is 20.2 Å². The van der Waals surface area contributed by atoms with Crippen molar-refractivity contribution in [3.8, 4) is 0 Å². The van der Waals surface area contributed by atoms with Gasteiger partial charge in [-0.3, -0.25) is 0 Å². The Morgan fingerprint density at radius 1 is 1.05 bits per heavy atom. The van der Waals surface area contributed by atoms with Crippen molar-refractivity contribution < 1.29 is 35.8 Å². The smallest absolute Gasteiger partial charge is 0.388 e. The van der Waals surface area contributed by atoms with Crippen LogP contribution in [-0.4, -0.2) is 11.3 Å². The molecule has 1 aromatic carbocycles. The van der Waals surface area contributed by atoms with Gasteiger partial charge < -0.3 is 5.11 Å². The van der Waals surface area contributed by atoms with Gasteiger partial charge in [0.1, 0.15) is 5.82 Å². The molecule has 1 atom stereocenters. The van der Waals surface area contributed by atoms with Gasteiger partial charge in [0.15, 0.2) is 0 Å². The van der Waals surface area contributed by atoms with E-state index in [1.807, 2.05) is 0 Å². The monoisotopic (exact) mass is 304 g/mol. The molecule has 0 saturated heterocycles. The van der Waals surface area contributed by atoms with Crippen LogP contribution in [0.3, 0.4) is 0 Å². The van der Waals surface area contributed by atoms with Crippen LogP contribution in [0.25, 0.3) is 0 Å². The molecule has 1 unspecified atom stereocenters. The van der Waals surface area contributed by atoms with E-state index in [1.165, 1.54) is 0 Å². The molecule has 0 bridgehead atoms. The van der Waals surface area contributed by atoms with E-state index in [1.54, 1.807) is 0 Å². The van der Waals surface area contributed by atoms with Crippen molar-refractivity contribution in [1.29, 1.82) is 0 Å². The fourth-order valence-corrected chi connectivity index (χ4v) is 1.63. The Labute approximate surface area is 110 Å². The highest BCUT2D eigenvalue weighted by Gasteiger charge is 2.34. The normalized spacial score (nSPS) is 14.4. The summed E-state index contributed by atoms with van der Waals surface area (Å²) < 4.78 is 86.0. The molecule has 8 heteroatoms. The van der Waals surface area contributed by atoms with E-state index in [0.717, 1.165) is 6.07 Å². The molecule has 0 fully saturated rings. The lowest BCUT2D eigenvalue weighted by Crippen LogP contribution is -2.11. The Morgan fingerprint density at radius 2 is 1.65 bits per heavy atom. The first kappa shape index (κ1) is 16.7. The zero-order chi connectivity index (χ0) is 15.6. The minimum atomic E-state index is -4.92. The van der Waals surface area contributed by atoms with Crippen LogP contribution < -0.4 is 0 Å². The van der Waals surface area contributed by atoms with Gasteiger partial charge in [0.2, 0.25) is 0 Å². The summed E-state index contributed by atoms with van der Waals surface area (Å²) in [5.74, 6) is -1.50. The van der Waals surface area contributed by atoms with Crippen molar-refractivity contribution >= 4 is 0 Å². The van der Waals surface area contributed by atoms with Gasteiger partial charge in [-0.15, -0.1) is 0 Å². The summed E-state index contributed by atoms with van der Waals surface area (Å²) in [6.45, 7) is 0. The zero-order valence-electron chi connectivity index (χ0n) is 10.0. The van der Waals surface area contributed by atoms with Gasteiger partial charge in [-0.2, -0.15) is 26.3 Å². The number of alkyl halides is 6. The summed E-state index contributed by atoms with van der Waals surface area (Å²) in [4.78, 5) is 0. The van der Waals surface area contributed by atoms with Crippen LogP contribution in [-0.2, 0) is 6.18 Å². The van der Waals surface area contributed by atoms with Gasteiger partial charge in [-0.25, -0.2) is 4.39 Å². The average Bonchev–Trinajstić information content (AvgIpc) is 2.26. The van der Waals surface area contributed by atoms with Crippen LogP contribution in [0.4, 0.5) is 30.7 Å². The van der Waals surface area contributed by atoms with Crippen molar-refractivity contribution in [3.63, 3.8) is 0 Å². The number of rotatable bonds is 4. The van der Waals surface area contributed by atoms with Crippen molar-refractivity contribution in [3.05, 3.63) is 35.1 Å². The van der Waals surface area contributed by atoms with Crippen molar-refractivity contribution in [2.45, 2.75) is 37.7 Å². The third kappa shape index (κ3) is 4.99. The molecule has 114 valence electrons. The molecule has 0 saturated carbocycles. The van der Waals surface area contributed by atoms with Crippen LogP contribution in [0.2, 0.25) is 0 Å². The van der Waals surface area contributed by atoms with E-state index in [0.29, 0.717) is 12.1 Å². The molecule has 0 aliphatic carbocycles. The van der Waals surface area contributed by atoms with Gasteiger partial charge in [0.05, 0.1) is 11.7 Å². The quantitative estimate of drug-likeness (QED) is 0.805. The number of aliphatic hydroxyl groups is 1. The maximum absolute atomic E-state index is 13.0. The molecule has 1 aromatic rings. The van der Waals surface area contributed by atoms with Crippen molar-refractivity contribution in [2.75, 3.05) is 0 Å². The number of benzene rings is 1. The van der Waals surface area contributed by atoms with Gasteiger partial charge in [-0.1, -0.05) is 6.07 Å². The van der Waals surface area contributed by atoms with E-state index < -0.39 is 42.7 Å². The summed E-state index contributed by atoms with van der Waals surface area (Å²) in [5.41, 5.74) is -1.81. The first-order chi connectivity index (χ1) is 9.00. The third-order valence-electron chi connectivity index (χ3n) is 2.62. The van der Waals surface area contributed by atoms with Gasteiger partial charge in [0, 0.05) is 6.42 Å². The minimum Gasteiger partial charge on any atom is -0.388 e. The van der Waals surface area contributed by atoms with Gasteiger partial charge >= 0.3 is 12.4 Å². The number of hydrogen-bond donors (Lipinski definition) is 1. The summed E-state index contributed by atoms with van der Waals surface area (Å²) >= 11 is 0. The molecule has 0 aromatic heterocycles. The van der Waals surface area contributed by atoms with Crippen molar-refractivity contribution in [2.24, 2.45) is 0 Å². The number of aliphatic hydroxyl groups excluding tert-OH is 1. The molecular formula is C12H11F7O. The van der Waals surface area contributed by atoms with E-state index in [2.05, 4.69) is 0 Å².